The summed E-state index contributed by atoms with van der Waals surface area (Å²) in [6, 6.07) is 0. The molecule has 2 heterocycles. The van der Waals surface area contributed by atoms with E-state index in [-0.39, 0.29) is 11.2 Å². The predicted octanol–water partition coefficient (Wildman–Crippen LogP) is 3.23. The van der Waals surface area contributed by atoms with Crippen molar-refractivity contribution in [3.05, 3.63) is 23.0 Å². The van der Waals surface area contributed by atoms with Crippen molar-refractivity contribution in [3.8, 4) is 0 Å². The number of pyridine rings is 1. The van der Waals surface area contributed by atoms with E-state index in [2.05, 4.69) is 18.8 Å². The lowest BCUT2D eigenvalue weighted by Gasteiger charge is -2.32. The third-order valence-electron chi connectivity index (χ3n) is 4.11. The minimum atomic E-state index is -0.452. The van der Waals surface area contributed by atoms with Gasteiger partial charge in [-0.25, -0.2) is 0 Å². The Morgan fingerprint density at radius 3 is 2.20 bits per heavy atom. The van der Waals surface area contributed by atoms with E-state index < -0.39 is 7.12 Å². The van der Waals surface area contributed by atoms with Crippen molar-refractivity contribution in [2.75, 3.05) is 0 Å². The van der Waals surface area contributed by atoms with Gasteiger partial charge in [-0.1, -0.05) is 25.4 Å². The summed E-state index contributed by atoms with van der Waals surface area (Å²) in [6.45, 7) is 12.5. The second-order valence-electron chi connectivity index (χ2n) is 6.89. The minimum Gasteiger partial charge on any atom is -0.399 e. The summed E-state index contributed by atoms with van der Waals surface area (Å²) in [4.78, 5) is 4.29. The quantitative estimate of drug-likeness (QED) is 0.802. The van der Waals surface area contributed by atoms with Gasteiger partial charge in [0.05, 0.1) is 11.2 Å². The van der Waals surface area contributed by atoms with Crippen LogP contribution in [-0.4, -0.2) is 23.3 Å². The van der Waals surface area contributed by atoms with Crippen LogP contribution in [0.1, 0.15) is 47.1 Å². The molecule has 1 aliphatic heterocycles. The van der Waals surface area contributed by atoms with E-state index in [1.807, 2.05) is 33.9 Å². The van der Waals surface area contributed by atoms with E-state index >= 15 is 0 Å². The molecule has 5 heteroatoms. The molecule has 0 atom stereocenters. The molecule has 110 valence electrons. The second-order valence-corrected chi connectivity index (χ2v) is 7.27. The average Bonchev–Trinajstić information content (AvgIpc) is 2.50. The average molecular weight is 296 g/mol. The van der Waals surface area contributed by atoms with Crippen LogP contribution in [0.2, 0.25) is 5.02 Å². The highest BCUT2D eigenvalue weighted by Gasteiger charge is 2.52. The largest absolute Gasteiger partial charge is 0.497 e. The van der Waals surface area contributed by atoms with Crippen molar-refractivity contribution in [1.82, 2.24) is 4.98 Å². The summed E-state index contributed by atoms with van der Waals surface area (Å²) in [5.41, 5.74) is 1.14. The van der Waals surface area contributed by atoms with Crippen molar-refractivity contribution in [2.45, 2.75) is 59.2 Å². The molecule has 1 fully saturated rings. The Bertz CT molecular complexity index is 487. The van der Waals surface area contributed by atoms with E-state index in [1.54, 1.807) is 6.20 Å². The number of hydrogen-bond acceptors (Lipinski definition) is 3. The maximum atomic E-state index is 6.52. The summed E-state index contributed by atoms with van der Waals surface area (Å²) in [6.07, 6.45) is 4.48. The molecule has 3 nitrogen and oxygen atoms in total. The predicted molar refractivity (Wildman–Crippen MR) is 83.5 cm³/mol. The molecule has 1 saturated heterocycles. The lowest BCUT2D eigenvalue weighted by atomic mass is 9.79. The number of hydrogen-bond donors (Lipinski definition) is 0. The maximum absolute atomic E-state index is 6.52. The summed E-state index contributed by atoms with van der Waals surface area (Å²) in [5.74, 6) is 0.530. The Morgan fingerprint density at radius 1 is 1.15 bits per heavy atom. The van der Waals surface area contributed by atoms with Gasteiger partial charge in [0.25, 0.3) is 0 Å². The van der Waals surface area contributed by atoms with Crippen LogP contribution in [0.4, 0.5) is 0 Å². The fourth-order valence-electron chi connectivity index (χ4n) is 2.22. The van der Waals surface area contributed by atoms with Crippen molar-refractivity contribution in [3.63, 3.8) is 0 Å². The van der Waals surface area contributed by atoms with Gasteiger partial charge in [0.2, 0.25) is 0 Å². The topological polar surface area (TPSA) is 31.4 Å². The zero-order valence-corrected chi connectivity index (χ0v) is 13.9. The highest BCUT2D eigenvalue weighted by atomic mass is 35.5. The van der Waals surface area contributed by atoms with Crippen LogP contribution in [0.15, 0.2) is 12.4 Å². The van der Waals surface area contributed by atoms with Gasteiger partial charge in [0, 0.05) is 22.9 Å². The van der Waals surface area contributed by atoms with Crippen molar-refractivity contribution < 1.29 is 9.31 Å². The molecule has 0 amide bonds. The first-order chi connectivity index (χ1) is 9.14. The Kier molecular flexibility index (Phi) is 4.21. The zero-order chi connectivity index (χ0) is 15.1. The van der Waals surface area contributed by atoms with Crippen LogP contribution in [0, 0.1) is 5.92 Å². The third kappa shape index (κ3) is 2.88. The summed E-state index contributed by atoms with van der Waals surface area (Å²) in [7, 11) is -0.452. The third-order valence-corrected chi connectivity index (χ3v) is 4.58. The smallest absolute Gasteiger partial charge is 0.399 e. The SMILES string of the molecule is CC(C)Cc1cncc(B2OC(C)(C)C(C)(C)O2)c1Cl. The molecule has 1 aliphatic rings. The van der Waals surface area contributed by atoms with E-state index in [9.17, 15) is 0 Å². The molecular weight excluding hydrogens is 272 g/mol. The summed E-state index contributed by atoms with van der Waals surface area (Å²) < 4.78 is 12.1. The lowest BCUT2D eigenvalue weighted by Crippen LogP contribution is -2.41. The fourth-order valence-corrected chi connectivity index (χ4v) is 2.49. The molecule has 20 heavy (non-hydrogen) atoms. The van der Waals surface area contributed by atoms with Gasteiger partial charge in [-0.2, -0.15) is 0 Å². The number of halogens is 1. The first kappa shape index (κ1) is 15.8. The first-order valence-corrected chi connectivity index (χ1v) is 7.50. The van der Waals surface area contributed by atoms with Gasteiger partial charge >= 0.3 is 7.12 Å². The number of rotatable bonds is 3. The maximum Gasteiger partial charge on any atom is 0.497 e. The fraction of sp³-hybridized carbons (Fsp3) is 0.667. The Labute approximate surface area is 127 Å². The van der Waals surface area contributed by atoms with Crippen LogP contribution >= 0.6 is 11.6 Å². The molecule has 1 aromatic heterocycles. The zero-order valence-electron chi connectivity index (χ0n) is 13.2. The van der Waals surface area contributed by atoms with Crippen molar-refractivity contribution >= 4 is 24.2 Å². The number of nitrogens with zero attached hydrogens (tertiary/aromatic N) is 1. The Hall–Kier alpha value is -0.575. The van der Waals surface area contributed by atoms with Gasteiger partial charge in [0.1, 0.15) is 0 Å². The van der Waals surface area contributed by atoms with E-state index in [0.29, 0.717) is 10.9 Å². The van der Waals surface area contributed by atoms with Crippen LogP contribution < -0.4 is 5.46 Å². The molecule has 0 bridgehead atoms. The van der Waals surface area contributed by atoms with Crippen LogP contribution in [-0.2, 0) is 15.7 Å². The van der Waals surface area contributed by atoms with Crippen LogP contribution in [0.5, 0.6) is 0 Å². The lowest BCUT2D eigenvalue weighted by molar-refractivity contribution is 0.00578. The van der Waals surface area contributed by atoms with Crippen molar-refractivity contribution in [2.24, 2.45) is 5.92 Å². The van der Waals surface area contributed by atoms with Gasteiger partial charge in [-0.15, -0.1) is 0 Å². The van der Waals surface area contributed by atoms with Gasteiger partial charge in [-0.3, -0.25) is 4.98 Å². The molecule has 0 N–H and O–H groups in total. The van der Waals surface area contributed by atoms with Crippen molar-refractivity contribution in [1.29, 1.82) is 0 Å². The molecule has 2 rings (SSSR count). The summed E-state index contributed by atoms with van der Waals surface area (Å²) in [5, 5.41) is 0.715. The first-order valence-electron chi connectivity index (χ1n) is 7.12. The van der Waals surface area contributed by atoms with Gasteiger partial charge in [0.15, 0.2) is 0 Å². The monoisotopic (exact) mass is 295 g/mol. The molecule has 0 saturated carbocycles. The number of aromatic nitrogens is 1. The van der Waals surface area contributed by atoms with E-state index in [4.69, 9.17) is 20.9 Å². The van der Waals surface area contributed by atoms with E-state index in [1.165, 1.54) is 0 Å². The normalized spacial score (nSPS) is 20.7. The van der Waals surface area contributed by atoms with E-state index in [0.717, 1.165) is 17.4 Å². The molecule has 0 unspecified atom stereocenters. The molecule has 0 spiro atoms. The standard InChI is InChI=1S/C15H23BClNO2/c1-10(2)7-11-8-18-9-12(13(11)17)16-19-14(3,4)15(5,6)20-16/h8-10H,7H2,1-6H3. The Morgan fingerprint density at radius 2 is 1.70 bits per heavy atom. The van der Waals surface area contributed by atoms with Crippen LogP contribution in [0.3, 0.4) is 0 Å². The highest BCUT2D eigenvalue weighted by Crippen LogP contribution is 2.37. The summed E-state index contributed by atoms with van der Waals surface area (Å²) >= 11 is 6.52. The molecule has 0 radical (unpaired) electrons. The van der Waals surface area contributed by atoms with Gasteiger partial charge in [-0.05, 0) is 45.6 Å². The highest BCUT2D eigenvalue weighted by molar-refractivity contribution is 6.65. The van der Waals surface area contributed by atoms with Gasteiger partial charge < -0.3 is 9.31 Å². The molecule has 1 aromatic rings. The molecule has 0 aromatic carbocycles. The molecular formula is C15H23BClNO2. The second kappa shape index (κ2) is 5.32. The Balaban J connectivity index is 2.31. The minimum absolute atomic E-state index is 0.366. The van der Waals surface area contributed by atoms with Crippen LogP contribution in [0.25, 0.3) is 0 Å². The molecule has 0 aliphatic carbocycles.